The van der Waals surface area contributed by atoms with E-state index in [0.717, 1.165) is 12.0 Å². The summed E-state index contributed by atoms with van der Waals surface area (Å²) in [5.74, 6) is 0. The summed E-state index contributed by atoms with van der Waals surface area (Å²) in [7, 11) is 0. The van der Waals surface area contributed by atoms with Crippen molar-refractivity contribution < 1.29 is 4.74 Å². The number of ether oxygens (including phenoxy) is 1. The van der Waals surface area contributed by atoms with Gasteiger partial charge in [-0.25, -0.2) is 0 Å². The van der Waals surface area contributed by atoms with Crippen molar-refractivity contribution in [2.75, 3.05) is 6.61 Å². The second-order valence-corrected chi connectivity index (χ2v) is 7.17. The van der Waals surface area contributed by atoms with Gasteiger partial charge in [-0.15, -0.1) is 0 Å². The van der Waals surface area contributed by atoms with Crippen LogP contribution in [0.3, 0.4) is 0 Å². The van der Waals surface area contributed by atoms with Crippen molar-refractivity contribution in [1.82, 2.24) is 0 Å². The zero-order chi connectivity index (χ0) is 16.1. The van der Waals surface area contributed by atoms with Crippen LogP contribution < -0.4 is 0 Å². The normalized spacial score (nSPS) is 11.8. The Morgan fingerprint density at radius 1 is 0.773 bits per heavy atom. The van der Waals surface area contributed by atoms with Gasteiger partial charge in [0.2, 0.25) is 4.52 Å². The number of hydrogen-bond acceptors (Lipinski definition) is 1. The first-order valence-corrected chi connectivity index (χ1v) is 9.49. The Kier molecular flexibility index (Phi) is 11.0. The Hall–Kier alpha value is -0.240. The molecule has 0 aliphatic carbocycles. The van der Waals surface area contributed by atoms with E-state index in [0.29, 0.717) is 6.61 Å². The zero-order valence-corrected chi connectivity index (χ0v) is 15.3. The maximum atomic E-state index is 6.23. The SMILES string of the molecule is CCCCCCCCCCCCOC(Cl)(Cl)c1ccccc1. The van der Waals surface area contributed by atoms with Gasteiger partial charge in [0, 0.05) is 5.56 Å². The number of rotatable bonds is 13. The third-order valence-electron chi connectivity index (χ3n) is 3.89. The average molecular weight is 345 g/mol. The van der Waals surface area contributed by atoms with Gasteiger partial charge in [-0.3, -0.25) is 0 Å². The van der Waals surface area contributed by atoms with Gasteiger partial charge < -0.3 is 4.74 Å². The van der Waals surface area contributed by atoms with Crippen LogP contribution in [-0.4, -0.2) is 6.61 Å². The van der Waals surface area contributed by atoms with Gasteiger partial charge >= 0.3 is 0 Å². The van der Waals surface area contributed by atoms with Gasteiger partial charge in [0.1, 0.15) is 0 Å². The molecule has 0 radical (unpaired) electrons. The lowest BCUT2D eigenvalue weighted by Gasteiger charge is -2.20. The molecule has 0 amide bonds. The van der Waals surface area contributed by atoms with Gasteiger partial charge in [-0.2, -0.15) is 0 Å². The minimum absolute atomic E-state index is 0.610. The highest BCUT2D eigenvalue weighted by molar-refractivity contribution is 6.46. The third-order valence-corrected chi connectivity index (χ3v) is 4.55. The third kappa shape index (κ3) is 9.02. The molecule has 0 saturated heterocycles. The Balaban J connectivity index is 1.97. The highest BCUT2D eigenvalue weighted by Gasteiger charge is 2.26. The quantitative estimate of drug-likeness (QED) is 0.271. The van der Waals surface area contributed by atoms with Crippen LogP contribution in [0.25, 0.3) is 0 Å². The Morgan fingerprint density at radius 2 is 1.27 bits per heavy atom. The summed E-state index contributed by atoms with van der Waals surface area (Å²) in [5.41, 5.74) is 0.797. The molecule has 0 atom stereocenters. The molecule has 0 unspecified atom stereocenters. The lowest BCUT2D eigenvalue weighted by atomic mass is 10.1. The maximum Gasteiger partial charge on any atom is 0.244 e. The zero-order valence-electron chi connectivity index (χ0n) is 13.8. The first-order valence-electron chi connectivity index (χ1n) is 8.74. The van der Waals surface area contributed by atoms with Crippen molar-refractivity contribution in [2.45, 2.75) is 75.7 Å². The molecule has 0 aliphatic rings. The van der Waals surface area contributed by atoms with Crippen LogP contribution >= 0.6 is 23.2 Å². The molecule has 1 rings (SSSR count). The van der Waals surface area contributed by atoms with Crippen molar-refractivity contribution in [3.63, 3.8) is 0 Å². The van der Waals surface area contributed by atoms with Crippen LogP contribution in [0.4, 0.5) is 0 Å². The van der Waals surface area contributed by atoms with E-state index >= 15 is 0 Å². The standard InChI is InChI=1S/C19H30Cl2O/c1-2-3-4-5-6-7-8-9-10-14-17-22-19(20,21)18-15-12-11-13-16-18/h11-13,15-16H,2-10,14,17H2,1H3. The van der Waals surface area contributed by atoms with E-state index in [1.54, 1.807) is 0 Å². The molecule has 1 aromatic rings. The monoisotopic (exact) mass is 344 g/mol. The van der Waals surface area contributed by atoms with E-state index in [2.05, 4.69) is 6.92 Å². The molecule has 0 saturated carbocycles. The second kappa shape index (κ2) is 12.2. The maximum absolute atomic E-state index is 6.23. The van der Waals surface area contributed by atoms with Gasteiger partial charge in [0.25, 0.3) is 0 Å². The predicted molar refractivity (Wildman–Crippen MR) is 97.6 cm³/mol. The predicted octanol–water partition coefficient (Wildman–Crippen LogP) is 7.21. The van der Waals surface area contributed by atoms with Crippen LogP contribution in [0.15, 0.2) is 30.3 Å². The number of halogens is 2. The molecule has 0 bridgehead atoms. The number of unbranched alkanes of at least 4 members (excludes halogenated alkanes) is 9. The van der Waals surface area contributed by atoms with Crippen molar-refractivity contribution >= 4 is 23.2 Å². The largest absolute Gasteiger partial charge is 0.343 e. The van der Waals surface area contributed by atoms with E-state index in [1.807, 2.05) is 30.3 Å². The lowest BCUT2D eigenvalue weighted by Crippen LogP contribution is -2.16. The number of benzene rings is 1. The summed E-state index contributed by atoms with van der Waals surface area (Å²) in [6.45, 7) is 2.87. The summed E-state index contributed by atoms with van der Waals surface area (Å²) in [6, 6.07) is 9.55. The fourth-order valence-electron chi connectivity index (χ4n) is 2.51. The molecule has 0 heterocycles. The highest BCUT2D eigenvalue weighted by Crippen LogP contribution is 2.35. The first kappa shape index (κ1) is 19.8. The topological polar surface area (TPSA) is 9.23 Å². The van der Waals surface area contributed by atoms with Crippen LogP contribution in [0.2, 0.25) is 0 Å². The summed E-state index contributed by atoms with van der Waals surface area (Å²) >= 11 is 12.5. The molecule has 0 spiro atoms. The fourth-order valence-corrected chi connectivity index (χ4v) is 2.91. The molecule has 0 aromatic heterocycles. The summed E-state index contributed by atoms with van der Waals surface area (Å²) in [5, 5.41) is 0. The highest BCUT2D eigenvalue weighted by atomic mass is 35.5. The van der Waals surface area contributed by atoms with Gasteiger partial charge in [0.15, 0.2) is 0 Å². The van der Waals surface area contributed by atoms with Crippen LogP contribution in [0.1, 0.15) is 76.7 Å². The Bertz CT molecular complexity index is 365. The number of alkyl halides is 2. The van der Waals surface area contributed by atoms with Crippen LogP contribution in [0.5, 0.6) is 0 Å². The molecule has 1 aromatic carbocycles. The van der Waals surface area contributed by atoms with E-state index in [-0.39, 0.29) is 0 Å². The lowest BCUT2D eigenvalue weighted by molar-refractivity contribution is 0.0735. The van der Waals surface area contributed by atoms with Crippen molar-refractivity contribution in [1.29, 1.82) is 0 Å². The fraction of sp³-hybridized carbons (Fsp3) is 0.684. The average Bonchev–Trinajstić information content (AvgIpc) is 2.53. The number of hydrogen-bond donors (Lipinski definition) is 0. The van der Waals surface area contributed by atoms with Crippen LogP contribution in [0, 0.1) is 0 Å². The summed E-state index contributed by atoms with van der Waals surface area (Å²) < 4.78 is 4.40. The van der Waals surface area contributed by atoms with Crippen LogP contribution in [-0.2, 0) is 9.26 Å². The molecule has 126 valence electrons. The molecule has 0 N–H and O–H groups in total. The van der Waals surface area contributed by atoms with E-state index < -0.39 is 4.52 Å². The minimum atomic E-state index is -1.22. The Labute approximate surface area is 146 Å². The molecule has 0 aliphatic heterocycles. The minimum Gasteiger partial charge on any atom is -0.343 e. The molecular weight excluding hydrogens is 315 g/mol. The van der Waals surface area contributed by atoms with E-state index in [9.17, 15) is 0 Å². The van der Waals surface area contributed by atoms with Crippen molar-refractivity contribution in [2.24, 2.45) is 0 Å². The van der Waals surface area contributed by atoms with E-state index in [4.69, 9.17) is 27.9 Å². The van der Waals surface area contributed by atoms with Gasteiger partial charge in [0.05, 0.1) is 6.61 Å². The molecule has 3 heteroatoms. The molecule has 22 heavy (non-hydrogen) atoms. The Morgan fingerprint density at radius 3 is 1.82 bits per heavy atom. The first-order chi connectivity index (χ1) is 10.7. The van der Waals surface area contributed by atoms with Crippen molar-refractivity contribution in [3.05, 3.63) is 35.9 Å². The van der Waals surface area contributed by atoms with Crippen molar-refractivity contribution in [3.8, 4) is 0 Å². The second-order valence-electron chi connectivity index (χ2n) is 5.91. The van der Waals surface area contributed by atoms with E-state index in [1.165, 1.54) is 57.8 Å². The smallest absolute Gasteiger partial charge is 0.244 e. The molecule has 1 nitrogen and oxygen atoms in total. The molecular formula is C19H30Cl2O. The summed E-state index contributed by atoms with van der Waals surface area (Å²) in [6.07, 6.45) is 13.1. The molecule has 0 fully saturated rings. The van der Waals surface area contributed by atoms with Gasteiger partial charge in [-0.1, -0.05) is 118 Å². The van der Waals surface area contributed by atoms with Gasteiger partial charge in [-0.05, 0) is 6.42 Å². The summed E-state index contributed by atoms with van der Waals surface area (Å²) in [4.78, 5) is 0.